The predicted molar refractivity (Wildman–Crippen MR) is 91.8 cm³/mol. The number of anilines is 1. The number of nitrogens with one attached hydrogen (secondary N) is 1. The number of rotatable bonds is 1. The van der Waals surface area contributed by atoms with Crippen molar-refractivity contribution >= 4 is 44.6 Å². The molecule has 3 aromatic rings. The van der Waals surface area contributed by atoms with Gasteiger partial charge < -0.3 is 4.98 Å². The number of H-pyrrole nitrogens is 1. The van der Waals surface area contributed by atoms with Crippen LogP contribution in [0.3, 0.4) is 0 Å². The van der Waals surface area contributed by atoms with Crippen molar-refractivity contribution in [1.29, 1.82) is 0 Å². The summed E-state index contributed by atoms with van der Waals surface area (Å²) in [5, 5.41) is 8.48. The van der Waals surface area contributed by atoms with E-state index in [2.05, 4.69) is 26.0 Å². The van der Waals surface area contributed by atoms with Gasteiger partial charge in [0, 0.05) is 31.9 Å². The molecular formula is C15H13BrClN5O. The number of nitrogens with zero attached hydrogens (tertiary/aromatic N) is 4. The van der Waals surface area contributed by atoms with Crippen LogP contribution < -0.4 is 5.01 Å². The summed E-state index contributed by atoms with van der Waals surface area (Å²) in [7, 11) is 1.88. The van der Waals surface area contributed by atoms with E-state index in [0.29, 0.717) is 17.3 Å². The van der Waals surface area contributed by atoms with Gasteiger partial charge in [-0.15, -0.1) is 0 Å². The Morgan fingerprint density at radius 2 is 2.22 bits per heavy atom. The smallest absolute Gasteiger partial charge is 0.292 e. The number of carbonyl (C=O) groups is 1. The highest BCUT2D eigenvalue weighted by Crippen LogP contribution is 2.30. The molecule has 0 radical (unpaired) electrons. The van der Waals surface area contributed by atoms with Crippen LogP contribution in [0.5, 0.6) is 0 Å². The van der Waals surface area contributed by atoms with Gasteiger partial charge in [-0.05, 0) is 40.2 Å². The Hall–Kier alpha value is -1.99. The van der Waals surface area contributed by atoms with Gasteiger partial charge in [0.2, 0.25) is 0 Å². The number of carbonyl (C=O) groups excluding carboxylic acids is 1. The number of hydrazine groups is 1. The third kappa shape index (κ3) is 2.40. The zero-order chi connectivity index (χ0) is 16.1. The summed E-state index contributed by atoms with van der Waals surface area (Å²) in [4.78, 5) is 16.1. The Labute approximate surface area is 145 Å². The zero-order valence-electron chi connectivity index (χ0n) is 12.3. The summed E-state index contributed by atoms with van der Waals surface area (Å²) in [6, 6.07) is 7.37. The van der Waals surface area contributed by atoms with Crippen molar-refractivity contribution in [3.8, 4) is 0 Å². The Morgan fingerprint density at radius 1 is 1.39 bits per heavy atom. The molecule has 118 valence electrons. The molecule has 0 fully saturated rings. The minimum Gasteiger partial charge on any atom is -0.351 e. The van der Waals surface area contributed by atoms with Crippen molar-refractivity contribution in [1.82, 2.24) is 19.6 Å². The molecule has 0 saturated heterocycles. The summed E-state index contributed by atoms with van der Waals surface area (Å²) in [6.45, 7) is 0.601. The number of halogens is 2. The average Bonchev–Trinajstić information content (AvgIpc) is 3.09. The molecule has 0 aliphatic carbocycles. The largest absolute Gasteiger partial charge is 0.351 e. The van der Waals surface area contributed by atoms with E-state index in [1.807, 2.05) is 24.2 Å². The second-order valence-corrected chi connectivity index (χ2v) is 6.72. The molecule has 1 aliphatic rings. The van der Waals surface area contributed by atoms with Crippen LogP contribution in [0, 0.1) is 0 Å². The van der Waals surface area contributed by atoms with E-state index >= 15 is 0 Å². The number of hydrogen-bond acceptors (Lipinski definition) is 3. The molecule has 1 N–H and O–H groups in total. The fraction of sp³-hybridized carbons (Fsp3) is 0.200. The first-order valence-electron chi connectivity index (χ1n) is 7.11. The molecule has 0 unspecified atom stereocenters. The van der Waals surface area contributed by atoms with Crippen LogP contribution in [-0.4, -0.2) is 39.1 Å². The second kappa shape index (κ2) is 5.28. The van der Waals surface area contributed by atoms with Crippen molar-refractivity contribution < 1.29 is 4.79 Å². The van der Waals surface area contributed by atoms with E-state index in [-0.39, 0.29) is 5.91 Å². The van der Waals surface area contributed by atoms with Crippen LogP contribution >= 0.6 is 27.5 Å². The van der Waals surface area contributed by atoms with Crippen LogP contribution in [-0.2, 0) is 6.42 Å². The van der Waals surface area contributed by atoms with Crippen molar-refractivity contribution in [3.05, 3.63) is 51.5 Å². The first-order chi connectivity index (χ1) is 11.0. The predicted octanol–water partition coefficient (Wildman–Crippen LogP) is 3.13. The van der Waals surface area contributed by atoms with Gasteiger partial charge in [0.1, 0.15) is 0 Å². The molecule has 23 heavy (non-hydrogen) atoms. The number of aromatic nitrogens is 3. The average molecular weight is 395 g/mol. The molecule has 4 rings (SSSR count). The first kappa shape index (κ1) is 14.6. The standard InChI is InChI=1S/C15H13BrClN5O/c1-20-13-7-14(16)18-11(13)4-5-22(20)15(23)12-6-10-3-2-9(17)8-21(10)19-12/h2-3,6-8,18H,4-5H2,1H3. The monoisotopic (exact) mass is 393 g/mol. The highest BCUT2D eigenvalue weighted by Gasteiger charge is 2.29. The van der Waals surface area contributed by atoms with Crippen LogP contribution in [0.1, 0.15) is 16.2 Å². The molecular weight excluding hydrogens is 382 g/mol. The minimum absolute atomic E-state index is 0.129. The molecule has 6 nitrogen and oxygen atoms in total. The third-order valence-electron chi connectivity index (χ3n) is 4.00. The molecule has 0 saturated carbocycles. The van der Waals surface area contributed by atoms with E-state index in [1.54, 1.807) is 27.9 Å². The van der Waals surface area contributed by atoms with E-state index in [0.717, 1.165) is 27.9 Å². The maximum Gasteiger partial charge on any atom is 0.292 e. The molecule has 0 aromatic carbocycles. The normalized spacial score (nSPS) is 14.4. The van der Waals surface area contributed by atoms with Crippen LogP contribution in [0.4, 0.5) is 5.69 Å². The Morgan fingerprint density at radius 3 is 3.04 bits per heavy atom. The van der Waals surface area contributed by atoms with Gasteiger partial charge in [0.25, 0.3) is 5.91 Å². The second-order valence-electron chi connectivity index (χ2n) is 5.43. The molecule has 4 heterocycles. The van der Waals surface area contributed by atoms with Gasteiger partial charge >= 0.3 is 0 Å². The lowest BCUT2D eigenvalue weighted by molar-refractivity contribution is 0.0732. The van der Waals surface area contributed by atoms with Crippen LogP contribution in [0.15, 0.2) is 35.1 Å². The maximum atomic E-state index is 12.8. The maximum absolute atomic E-state index is 12.8. The van der Waals surface area contributed by atoms with Crippen molar-refractivity contribution in [2.75, 3.05) is 18.6 Å². The molecule has 8 heteroatoms. The quantitative estimate of drug-likeness (QED) is 0.690. The molecule has 0 spiro atoms. The number of aromatic amines is 1. The lowest BCUT2D eigenvalue weighted by Crippen LogP contribution is -2.48. The van der Waals surface area contributed by atoms with Crippen LogP contribution in [0.25, 0.3) is 5.52 Å². The number of pyridine rings is 1. The number of hydrogen-bond donors (Lipinski definition) is 1. The van der Waals surface area contributed by atoms with Crippen molar-refractivity contribution in [3.63, 3.8) is 0 Å². The number of fused-ring (bicyclic) bond motifs is 2. The van der Waals surface area contributed by atoms with Gasteiger partial charge in [-0.1, -0.05) is 11.6 Å². The topological polar surface area (TPSA) is 56.6 Å². The van der Waals surface area contributed by atoms with Gasteiger partial charge in [-0.2, -0.15) is 5.10 Å². The summed E-state index contributed by atoms with van der Waals surface area (Å²) in [5.41, 5.74) is 3.34. The van der Waals surface area contributed by atoms with Gasteiger partial charge in [0.15, 0.2) is 5.69 Å². The zero-order valence-corrected chi connectivity index (χ0v) is 14.6. The fourth-order valence-corrected chi connectivity index (χ4v) is 3.48. The third-order valence-corrected chi connectivity index (χ3v) is 4.66. The Balaban J connectivity index is 1.68. The van der Waals surface area contributed by atoms with Gasteiger partial charge in [-0.3, -0.25) is 9.80 Å². The SMILES string of the molecule is CN1c2cc(Br)[nH]c2CCN1C(=O)c1cc2ccc(Cl)cn2n1. The summed E-state index contributed by atoms with van der Waals surface area (Å²) in [5.74, 6) is -0.129. The van der Waals surface area contributed by atoms with E-state index in [1.165, 1.54) is 0 Å². The van der Waals surface area contributed by atoms with E-state index in [9.17, 15) is 4.79 Å². The summed E-state index contributed by atoms with van der Waals surface area (Å²) >= 11 is 9.40. The lowest BCUT2D eigenvalue weighted by Gasteiger charge is -2.36. The molecule has 3 aromatic heterocycles. The molecule has 0 bridgehead atoms. The molecule has 1 aliphatic heterocycles. The summed E-state index contributed by atoms with van der Waals surface area (Å²) < 4.78 is 2.53. The highest BCUT2D eigenvalue weighted by atomic mass is 79.9. The van der Waals surface area contributed by atoms with Crippen molar-refractivity contribution in [2.24, 2.45) is 0 Å². The van der Waals surface area contributed by atoms with E-state index < -0.39 is 0 Å². The fourth-order valence-electron chi connectivity index (χ4n) is 2.86. The van der Waals surface area contributed by atoms with Gasteiger partial charge in [0.05, 0.1) is 20.8 Å². The first-order valence-corrected chi connectivity index (χ1v) is 8.28. The molecule has 0 atom stereocenters. The van der Waals surface area contributed by atoms with Crippen LogP contribution in [0.2, 0.25) is 5.02 Å². The Bertz CT molecular complexity index is 918. The van der Waals surface area contributed by atoms with Crippen molar-refractivity contribution in [2.45, 2.75) is 6.42 Å². The highest BCUT2D eigenvalue weighted by molar-refractivity contribution is 9.10. The number of amides is 1. The van der Waals surface area contributed by atoms with E-state index in [4.69, 9.17) is 11.6 Å². The summed E-state index contributed by atoms with van der Waals surface area (Å²) in [6.07, 6.45) is 2.46. The lowest BCUT2D eigenvalue weighted by atomic mass is 10.2. The Kier molecular flexibility index (Phi) is 3.35. The molecule has 1 amide bonds. The minimum atomic E-state index is -0.129. The van der Waals surface area contributed by atoms with Gasteiger partial charge in [-0.25, -0.2) is 9.52 Å².